The molecule has 3 rings (SSSR count). The highest BCUT2D eigenvalue weighted by atomic mass is 32.2. The number of anilines is 1. The van der Waals surface area contributed by atoms with Crippen molar-refractivity contribution in [3.05, 3.63) is 72.1 Å². The number of imidazole rings is 1. The molecule has 0 aliphatic carbocycles. The smallest absolute Gasteiger partial charge is 0.234 e. The summed E-state index contributed by atoms with van der Waals surface area (Å²) in [5.41, 5.74) is 4.33. The van der Waals surface area contributed by atoms with Gasteiger partial charge in [0.1, 0.15) is 0 Å². The van der Waals surface area contributed by atoms with Gasteiger partial charge in [-0.3, -0.25) is 9.36 Å². The Morgan fingerprint density at radius 3 is 2.64 bits per heavy atom. The number of thioether (sulfide) groups is 1. The summed E-state index contributed by atoms with van der Waals surface area (Å²) in [6, 6.07) is 16.1. The van der Waals surface area contributed by atoms with E-state index in [0.717, 1.165) is 23.0 Å². The topological polar surface area (TPSA) is 46.9 Å². The van der Waals surface area contributed by atoms with E-state index in [4.69, 9.17) is 0 Å². The summed E-state index contributed by atoms with van der Waals surface area (Å²) in [6.07, 6.45) is 4.67. The van der Waals surface area contributed by atoms with E-state index in [1.807, 2.05) is 47.2 Å². The molecule has 0 aliphatic heterocycles. The largest absolute Gasteiger partial charge is 0.325 e. The highest BCUT2D eigenvalue weighted by Crippen LogP contribution is 2.22. The highest BCUT2D eigenvalue weighted by molar-refractivity contribution is 7.99. The van der Waals surface area contributed by atoms with E-state index >= 15 is 0 Å². The molecule has 1 amide bonds. The Kier molecular flexibility index (Phi) is 5.56. The molecule has 1 heterocycles. The molecule has 0 bridgehead atoms. The minimum atomic E-state index is -0.0337. The molecule has 128 valence electrons. The molecule has 0 fully saturated rings. The zero-order chi connectivity index (χ0) is 17.6. The Balaban J connectivity index is 1.63. The Bertz CT molecular complexity index is 855. The number of hydrogen-bond acceptors (Lipinski definition) is 3. The number of nitrogens with zero attached hydrogens (tertiary/aromatic N) is 2. The van der Waals surface area contributed by atoms with Crippen molar-refractivity contribution in [3.63, 3.8) is 0 Å². The zero-order valence-corrected chi connectivity index (χ0v) is 15.2. The van der Waals surface area contributed by atoms with Crippen molar-refractivity contribution in [2.75, 3.05) is 11.1 Å². The SMILES string of the molecule is CCc1ccc(NC(=O)CSc2nccn2-c2ccccc2C)cc1. The predicted octanol–water partition coefficient (Wildman–Crippen LogP) is 4.47. The number of para-hydroxylation sites is 1. The number of hydrogen-bond donors (Lipinski definition) is 1. The van der Waals surface area contributed by atoms with Gasteiger partial charge in [-0.05, 0) is 42.7 Å². The van der Waals surface area contributed by atoms with Crippen LogP contribution in [0.4, 0.5) is 5.69 Å². The minimum absolute atomic E-state index is 0.0337. The summed E-state index contributed by atoms with van der Waals surface area (Å²) in [6.45, 7) is 4.18. The maximum atomic E-state index is 12.2. The molecule has 0 unspecified atom stereocenters. The Morgan fingerprint density at radius 1 is 1.16 bits per heavy atom. The molecule has 0 radical (unpaired) electrons. The molecule has 0 aliphatic rings. The third-order valence-corrected chi connectivity index (χ3v) is 4.93. The van der Waals surface area contributed by atoms with Crippen molar-refractivity contribution in [2.45, 2.75) is 25.4 Å². The van der Waals surface area contributed by atoms with Gasteiger partial charge >= 0.3 is 0 Å². The van der Waals surface area contributed by atoms with Crippen molar-refractivity contribution in [3.8, 4) is 5.69 Å². The lowest BCUT2D eigenvalue weighted by molar-refractivity contribution is -0.113. The second kappa shape index (κ2) is 8.03. The fraction of sp³-hybridized carbons (Fsp3) is 0.200. The molecule has 0 saturated heterocycles. The quantitative estimate of drug-likeness (QED) is 0.666. The van der Waals surface area contributed by atoms with Crippen LogP contribution in [0.1, 0.15) is 18.1 Å². The second-order valence-corrected chi connectivity index (χ2v) is 6.70. The zero-order valence-electron chi connectivity index (χ0n) is 14.4. The first kappa shape index (κ1) is 17.3. The van der Waals surface area contributed by atoms with Crippen LogP contribution in [0.2, 0.25) is 0 Å². The summed E-state index contributed by atoms with van der Waals surface area (Å²) in [7, 11) is 0. The lowest BCUT2D eigenvalue weighted by Gasteiger charge is -2.10. The van der Waals surface area contributed by atoms with E-state index < -0.39 is 0 Å². The van der Waals surface area contributed by atoms with E-state index in [-0.39, 0.29) is 5.91 Å². The molecule has 4 nitrogen and oxygen atoms in total. The van der Waals surface area contributed by atoms with Crippen LogP contribution in [0.25, 0.3) is 5.69 Å². The number of benzene rings is 2. The van der Waals surface area contributed by atoms with E-state index in [1.165, 1.54) is 22.9 Å². The van der Waals surface area contributed by atoms with Gasteiger partial charge in [-0.15, -0.1) is 0 Å². The average molecular weight is 351 g/mol. The molecule has 1 N–H and O–H groups in total. The first-order chi connectivity index (χ1) is 12.2. The van der Waals surface area contributed by atoms with Gasteiger partial charge < -0.3 is 5.32 Å². The van der Waals surface area contributed by atoms with Gasteiger partial charge in [-0.25, -0.2) is 4.98 Å². The number of aromatic nitrogens is 2. The average Bonchev–Trinajstić information content (AvgIpc) is 3.09. The number of aryl methyl sites for hydroxylation is 2. The van der Waals surface area contributed by atoms with E-state index in [2.05, 4.69) is 36.3 Å². The summed E-state index contributed by atoms with van der Waals surface area (Å²) in [5, 5.41) is 3.74. The maximum Gasteiger partial charge on any atom is 0.234 e. The number of rotatable bonds is 6. The van der Waals surface area contributed by atoms with Crippen LogP contribution in [0.5, 0.6) is 0 Å². The van der Waals surface area contributed by atoms with Crippen LogP contribution >= 0.6 is 11.8 Å². The van der Waals surface area contributed by atoms with Crippen LogP contribution in [0.15, 0.2) is 66.1 Å². The van der Waals surface area contributed by atoms with Gasteiger partial charge in [0, 0.05) is 18.1 Å². The van der Waals surface area contributed by atoms with Crippen LogP contribution in [-0.2, 0) is 11.2 Å². The second-order valence-electron chi connectivity index (χ2n) is 5.75. The van der Waals surface area contributed by atoms with Crippen molar-refractivity contribution in [1.82, 2.24) is 9.55 Å². The molecule has 0 saturated carbocycles. The van der Waals surface area contributed by atoms with Gasteiger partial charge in [0.15, 0.2) is 5.16 Å². The van der Waals surface area contributed by atoms with Gasteiger partial charge in [0.25, 0.3) is 0 Å². The van der Waals surface area contributed by atoms with Gasteiger partial charge in [-0.1, -0.05) is 49.0 Å². The summed E-state index contributed by atoms with van der Waals surface area (Å²) >= 11 is 1.43. The third-order valence-electron chi connectivity index (χ3n) is 3.96. The van der Waals surface area contributed by atoms with Crippen molar-refractivity contribution in [1.29, 1.82) is 0 Å². The van der Waals surface area contributed by atoms with Crippen molar-refractivity contribution in [2.24, 2.45) is 0 Å². The Morgan fingerprint density at radius 2 is 1.92 bits per heavy atom. The molecule has 0 atom stereocenters. The predicted molar refractivity (Wildman–Crippen MR) is 103 cm³/mol. The van der Waals surface area contributed by atoms with Crippen LogP contribution in [-0.4, -0.2) is 21.2 Å². The molecule has 1 aromatic heterocycles. The summed E-state index contributed by atoms with van der Waals surface area (Å²) < 4.78 is 2.02. The standard InChI is InChI=1S/C20H21N3OS/c1-3-16-8-10-17(11-9-16)22-19(24)14-25-20-21-12-13-23(20)18-7-5-4-6-15(18)2/h4-13H,3,14H2,1-2H3,(H,22,24). The lowest BCUT2D eigenvalue weighted by atomic mass is 10.1. The van der Waals surface area contributed by atoms with Gasteiger partial charge in [0.05, 0.1) is 11.4 Å². The Hall–Kier alpha value is -2.53. The fourth-order valence-corrected chi connectivity index (χ4v) is 3.33. The monoisotopic (exact) mass is 351 g/mol. The molecular formula is C20H21N3OS. The summed E-state index contributed by atoms with van der Waals surface area (Å²) in [4.78, 5) is 16.6. The Labute approximate surface area is 152 Å². The van der Waals surface area contributed by atoms with E-state index in [9.17, 15) is 4.79 Å². The maximum absolute atomic E-state index is 12.2. The number of carbonyl (C=O) groups is 1. The van der Waals surface area contributed by atoms with Gasteiger partial charge in [-0.2, -0.15) is 0 Å². The minimum Gasteiger partial charge on any atom is -0.325 e. The molecule has 2 aromatic carbocycles. The highest BCUT2D eigenvalue weighted by Gasteiger charge is 2.10. The van der Waals surface area contributed by atoms with Crippen LogP contribution < -0.4 is 5.32 Å². The van der Waals surface area contributed by atoms with Crippen LogP contribution in [0.3, 0.4) is 0 Å². The first-order valence-corrected chi connectivity index (χ1v) is 9.27. The molecule has 3 aromatic rings. The van der Waals surface area contributed by atoms with Gasteiger partial charge in [0.2, 0.25) is 5.91 Å². The lowest BCUT2D eigenvalue weighted by Crippen LogP contribution is -2.14. The van der Waals surface area contributed by atoms with E-state index in [1.54, 1.807) is 6.20 Å². The van der Waals surface area contributed by atoms with Crippen molar-refractivity contribution < 1.29 is 4.79 Å². The number of amides is 1. The first-order valence-electron chi connectivity index (χ1n) is 8.28. The third kappa shape index (κ3) is 4.31. The molecule has 0 spiro atoms. The molecule has 25 heavy (non-hydrogen) atoms. The van der Waals surface area contributed by atoms with E-state index in [0.29, 0.717) is 5.75 Å². The molecular weight excluding hydrogens is 330 g/mol. The number of nitrogens with one attached hydrogen (secondary N) is 1. The fourth-order valence-electron chi connectivity index (χ4n) is 2.56. The summed E-state index contributed by atoms with van der Waals surface area (Å²) in [5.74, 6) is 0.284. The van der Waals surface area contributed by atoms with Crippen molar-refractivity contribution >= 4 is 23.4 Å². The normalized spacial score (nSPS) is 10.6. The van der Waals surface area contributed by atoms with Crippen LogP contribution in [0, 0.1) is 6.92 Å². The number of carbonyl (C=O) groups excluding carboxylic acids is 1. The molecule has 5 heteroatoms.